The summed E-state index contributed by atoms with van der Waals surface area (Å²) >= 11 is 7.47. The summed E-state index contributed by atoms with van der Waals surface area (Å²) in [5.41, 5.74) is 1.64. The lowest BCUT2D eigenvalue weighted by atomic mass is 9.93. The van der Waals surface area contributed by atoms with Gasteiger partial charge in [0, 0.05) is 43.4 Å². The van der Waals surface area contributed by atoms with Gasteiger partial charge in [-0.1, -0.05) is 17.7 Å². The number of likely N-dealkylation sites (tertiary alicyclic amines) is 1. The van der Waals surface area contributed by atoms with Crippen LogP contribution in [0.1, 0.15) is 89.1 Å². The smallest absolute Gasteiger partial charge is 0.410 e. The molecule has 2 unspecified atom stereocenters. The zero-order valence-corrected chi connectivity index (χ0v) is 31.4. The highest BCUT2D eigenvalue weighted by atomic mass is 35.5. The van der Waals surface area contributed by atoms with Crippen molar-refractivity contribution in [1.82, 2.24) is 25.0 Å². The molecular formula is C35H47ClF3N7O4S. The summed E-state index contributed by atoms with van der Waals surface area (Å²) in [7, 11) is 0. The average Bonchev–Trinajstić information content (AvgIpc) is 3.58. The first-order chi connectivity index (χ1) is 23.9. The van der Waals surface area contributed by atoms with Crippen LogP contribution in [0.5, 0.6) is 0 Å². The van der Waals surface area contributed by atoms with Crippen molar-refractivity contribution in [3.63, 3.8) is 0 Å². The minimum Gasteiger partial charge on any atom is -0.444 e. The van der Waals surface area contributed by atoms with E-state index in [1.807, 2.05) is 44.7 Å². The number of anilines is 2. The first-order valence-corrected chi connectivity index (χ1v) is 18.3. The van der Waals surface area contributed by atoms with Gasteiger partial charge in [-0.05, 0) is 116 Å². The average molecular weight is 754 g/mol. The predicted molar refractivity (Wildman–Crippen MR) is 191 cm³/mol. The number of nitrogens with zero attached hydrogens (tertiary/aromatic N) is 4. The minimum absolute atomic E-state index is 0.0222. The summed E-state index contributed by atoms with van der Waals surface area (Å²) in [5, 5.41) is 5.50. The zero-order chi connectivity index (χ0) is 37.2. The summed E-state index contributed by atoms with van der Waals surface area (Å²) in [6, 6.07) is 6.97. The quantitative estimate of drug-likeness (QED) is 0.105. The number of ether oxygens (including phenoxy) is 2. The molecule has 2 aliphatic heterocycles. The molecule has 51 heavy (non-hydrogen) atoms. The zero-order valence-electron chi connectivity index (χ0n) is 29.8. The second-order valence-corrected chi connectivity index (χ2v) is 16.2. The number of hydrogen-bond donors (Lipinski definition) is 3. The predicted octanol–water partition coefficient (Wildman–Crippen LogP) is 8.02. The van der Waals surface area contributed by atoms with Crippen LogP contribution in [0.4, 0.5) is 29.6 Å². The molecule has 0 aromatic carbocycles. The number of amides is 2. The van der Waals surface area contributed by atoms with Crippen LogP contribution in [-0.4, -0.2) is 70.1 Å². The Balaban J connectivity index is 1.05. The Labute approximate surface area is 306 Å². The van der Waals surface area contributed by atoms with E-state index in [9.17, 15) is 22.8 Å². The van der Waals surface area contributed by atoms with Gasteiger partial charge in [0.1, 0.15) is 33.6 Å². The van der Waals surface area contributed by atoms with Crippen molar-refractivity contribution in [2.24, 2.45) is 11.3 Å². The van der Waals surface area contributed by atoms with Crippen molar-refractivity contribution in [2.45, 2.75) is 109 Å². The third kappa shape index (κ3) is 9.99. The molecule has 2 amide bonds. The summed E-state index contributed by atoms with van der Waals surface area (Å²) in [6.45, 7) is 13.0. The number of hydrazine groups is 1. The third-order valence-electron chi connectivity index (χ3n) is 9.29. The SMILES string of the molecule is Cc1ccc(NCCCC2CN(C(=O)OC(C)(C)C)C(C)(C)C2)nc1SNC(=O)c1ccc(N2C=CC(OCCC3(C(F)(F)F)CC3)N2)nc1Cl. The molecule has 2 fully saturated rings. The van der Waals surface area contributed by atoms with Crippen molar-refractivity contribution >= 4 is 47.2 Å². The van der Waals surface area contributed by atoms with Crippen molar-refractivity contribution in [2.75, 3.05) is 30.0 Å². The van der Waals surface area contributed by atoms with E-state index in [4.69, 9.17) is 21.1 Å². The van der Waals surface area contributed by atoms with Crippen molar-refractivity contribution in [3.05, 3.63) is 52.8 Å². The second-order valence-electron chi connectivity index (χ2n) is 15.1. The molecule has 11 nitrogen and oxygen atoms in total. The number of pyridine rings is 2. The summed E-state index contributed by atoms with van der Waals surface area (Å²) in [6.07, 6.45) is 1.17. The second kappa shape index (κ2) is 15.4. The number of aryl methyl sites for hydroxylation is 1. The molecule has 3 N–H and O–H groups in total. The maximum absolute atomic E-state index is 13.2. The normalized spacial score (nSPS) is 20.8. The fourth-order valence-electron chi connectivity index (χ4n) is 6.25. The van der Waals surface area contributed by atoms with Gasteiger partial charge in [-0.15, -0.1) is 0 Å². The Bertz CT molecular complexity index is 1620. The fraction of sp³-hybridized carbons (Fsp3) is 0.600. The van der Waals surface area contributed by atoms with Crippen LogP contribution in [0.3, 0.4) is 0 Å². The first-order valence-electron chi connectivity index (χ1n) is 17.1. The van der Waals surface area contributed by atoms with Gasteiger partial charge >= 0.3 is 12.3 Å². The van der Waals surface area contributed by atoms with Gasteiger partial charge in [0.25, 0.3) is 5.91 Å². The highest BCUT2D eigenvalue weighted by molar-refractivity contribution is 7.98. The molecule has 16 heteroatoms. The van der Waals surface area contributed by atoms with Crippen molar-refractivity contribution in [3.8, 4) is 0 Å². The maximum atomic E-state index is 13.2. The fourth-order valence-corrected chi connectivity index (χ4v) is 7.15. The number of hydrogen-bond acceptors (Lipinski definition) is 10. The molecule has 2 atom stereocenters. The highest BCUT2D eigenvalue weighted by Crippen LogP contribution is 2.59. The molecule has 2 aromatic heterocycles. The van der Waals surface area contributed by atoms with Crippen molar-refractivity contribution in [1.29, 1.82) is 0 Å². The van der Waals surface area contributed by atoms with Crippen molar-refractivity contribution < 1.29 is 32.2 Å². The van der Waals surface area contributed by atoms with Crippen LogP contribution in [0.2, 0.25) is 5.15 Å². The van der Waals surface area contributed by atoms with Gasteiger partial charge in [0.2, 0.25) is 0 Å². The van der Waals surface area contributed by atoms with Gasteiger partial charge in [-0.2, -0.15) is 18.6 Å². The Morgan fingerprint density at radius 3 is 2.55 bits per heavy atom. The third-order valence-corrected chi connectivity index (χ3v) is 10.5. The molecule has 280 valence electrons. The minimum atomic E-state index is -4.21. The van der Waals surface area contributed by atoms with Gasteiger partial charge < -0.3 is 19.7 Å². The molecular weight excluding hydrogens is 707 g/mol. The van der Waals surface area contributed by atoms with E-state index in [0.29, 0.717) is 35.7 Å². The van der Waals surface area contributed by atoms with E-state index < -0.39 is 29.3 Å². The van der Waals surface area contributed by atoms with Crippen LogP contribution >= 0.6 is 23.5 Å². The lowest BCUT2D eigenvalue weighted by Crippen LogP contribution is -2.45. The maximum Gasteiger partial charge on any atom is 0.410 e. The summed E-state index contributed by atoms with van der Waals surface area (Å²) in [4.78, 5) is 36.6. The molecule has 3 aliphatic rings. The van der Waals surface area contributed by atoms with E-state index >= 15 is 0 Å². The van der Waals surface area contributed by atoms with Gasteiger partial charge in [0.05, 0.1) is 11.0 Å². The Morgan fingerprint density at radius 2 is 1.88 bits per heavy atom. The van der Waals surface area contributed by atoms with E-state index in [1.165, 1.54) is 5.01 Å². The monoisotopic (exact) mass is 753 g/mol. The number of rotatable bonds is 13. The lowest BCUT2D eigenvalue weighted by molar-refractivity contribution is -0.192. The van der Waals surface area contributed by atoms with Crippen LogP contribution in [0, 0.1) is 18.3 Å². The number of nitrogens with one attached hydrogen (secondary N) is 3. The molecule has 1 saturated carbocycles. The molecule has 2 aromatic rings. The van der Waals surface area contributed by atoms with Gasteiger partial charge in [-0.3, -0.25) is 14.5 Å². The van der Waals surface area contributed by atoms with Crippen LogP contribution < -0.4 is 20.5 Å². The van der Waals surface area contributed by atoms with E-state index in [2.05, 4.69) is 39.3 Å². The van der Waals surface area contributed by atoms with Crippen LogP contribution in [0.15, 0.2) is 41.6 Å². The Morgan fingerprint density at radius 1 is 1.14 bits per heavy atom. The van der Waals surface area contributed by atoms with Crippen LogP contribution in [-0.2, 0) is 9.47 Å². The molecule has 1 aliphatic carbocycles. The first kappa shape index (κ1) is 38.9. The molecule has 5 rings (SSSR count). The summed E-state index contributed by atoms with van der Waals surface area (Å²) < 4.78 is 53.5. The molecule has 0 bridgehead atoms. The standard InChI is InChI=1S/C35H47ClF3N7O4S/c1-22-9-11-25(40-17-7-8-23-20-33(5,6)45(21-23)31(48)50-32(2,3)4)41-30(22)51-44-29(47)24-10-12-26(42-28(24)36)46-18-13-27(43-46)49-19-16-34(14-15-34)35(37,38)39/h9-13,18,23,27,43H,7-8,14-17,19-21H2,1-6H3,(H,40,41)(H,44,47). The highest BCUT2D eigenvalue weighted by Gasteiger charge is 2.62. The lowest BCUT2D eigenvalue weighted by Gasteiger charge is -2.33. The molecule has 0 spiro atoms. The van der Waals surface area contributed by atoms with Crippen LogP contribution in [0.25, 0.3) is 0 Å². The molecule has 4 heterocycles. The molecule has 1 saturated heterocycles. The largest absolute Gasteiger partial charge is 0.444 e. The van der Waals surface area contributed by atoms with Gasteiger partial charge in [-0.25, -0.2) is 14.8 Å². The Kier molecular flexibility index (Phi) is 11.7. The molecule has 0 radical (unpaired) electrons. The van der Waals surface area contributed by atoms with E-state index in [1.54, 1.807) is 24.4 Å². The number of alkyl halides is 3. The van der Waals surface area contributed by atoms with Gasteiger partial charge in [0.15, 0.2) is 0 Å². The van der Waals surface area contributed by atoms with E-state index in [0.717, 1.165) is 36.8 Å². The number of carbonyl (C=O) groups is 2. The number of halogens is 4. The summed E-state index contributed by atoms with van der Waals surface area (Å²) in [5.74, 6) is 0.997. The topological polar surface area (TPSA) is 121 Å². The Hall–Kier alpha value is -3.27. The number of carbonyl (C=O) groups excluding carboxylic acids is 2. The van der Waals surface area contributed by atoms with E-state index in [-0.39, 0.29) is 48.2 Å². The number of aromatic nitrogens is 2.